The van der Waals surface area contributed by atoms with Crippen molar-refractivity contribution in [2.24, 2.45) is 11.1 Å². The Labute approximate surface area is 223 Å². The van der Waals surface area contributed by atoms with Crippen LogP contribution < -0.4 is 10.5 Å². The highest BCUT2D eigenvalue weighted by atomic mass is 32.2. The Morgan fingerprint density at radius 3 is 2.37 bits per heavy atom. The number of rotatable bonds is 9. The number of sulfonamides is 1. The quantitative estimate of drug-likeness (QED) is 0.215. The molecule has 0 heterocycles. The SMILES string of the molecule is CCOC(=N)c1cccc(CN(CC(C)C)C(=O)C(=O)Nc2ccc(-c3ccccc3)c(S(N)(=O)=O)c2)c1. The summed E-state index contributed by atoms with van der Waals surface area (Å²) in [4.78, 5) is 27.4. The van der Waals surface area contributed by atoms with Gasteiger partial charge in [0.1, 0.15) is 0 Å². The lowest BCUT2D eigenvalue weighted by molar-refractivity contribution is -0.143. The molecule has 3 rings (SSSR count). The van der Waals surface area contributed by atoms with Crippen LogP contribution in [0, 0.1) is 11.3 Å². The van der Waals surface area contributed by atoms with Crippen LogP contribution in [-0.4, -0.2) is 44.2 Å². The molecule has 0 bridgehead atoms. The van der Waals surface area contributed by atoms with E-state index < -0.39 is 21.8 Å². The molecule has 2 amide bonds. The largest absolute Gasteiger partial charge is 0.478 e. The van der Waals surface area contributed by atoms with Crippen molar-refractivity contribution >= 4 is 33.4 Å². The Bertz CT molecular complexity index is 1420. The summed E-state index contributed by atoms with van der Waals surface area (Å²) < 4.78 is 29.9. The third-order valence-corrected chi connectivity index (χ3v) is 6.50. The summed E-state index contributed by atoms with van der Waals surface area (Å²) in [7, 11) is -4.12. The van der Waals surface area contributed by atoms with Gasteiger partial charge < -0.3 is 15.0 Å². The van der Waals surface area contributed by atoms with Crippen LogP contribution in [0.25, 0.3) is 11.1 Å². The lowest BCUT2D eigenvalue weighted by atomic mass is 10.1. The van der Waals surface area contributed by atoms with E-state index in [2.05, 4.69) is 5.32 Å². The maximum atomic E-state index is 13.2. The van der Waals surface area contributed by atoms with Crippen LogP contribution in [-0.2, 0) is 30.9 Å². The van der Waals surface area contributed by atoms with E-state index >= 15 is 0 Å². The van der Waals surface area contributed by atoms with Gasteiger partial charge in [0, 0.05) is 29.9 Å². The molecule has 38 heavy (non-hydrogen) atoms. The number of ether oxygens (including phenoxy) is 1. The highest BCUT2D eigenvalue weighted by Crippen LogP contribution is 2.29. The highest BCUT2D eigenvalue weighted by Gasteiger charge is 2.24. The van der Waals surface area contributed by atoms with Crippen LogP contribution in [0.15, 0.2) is 77.7 Å². The molecular formula is C28H32N4O5S. The average Bonchev–Trinajstić information content (AvgIpc) is 2.88. The van der Waals surface area contributed by atoms with Crippen LogP contribution in [0.2, 0.25) is 0 Å². The normalized spacial score (nSPS) is 11.2. The van der Waals surface area contributed by atoms with E-state index in [0.29, 0.717) is 29.8 Å². The van der Waals surface area contributed by atoms with Crippen molar-refractivity contribution in [2.45, 2.75) is 32.2 Å². The third kappa shape index (κ3) is 7.50. The van der Waals surface area contributed by atoms with Crippen molar-refractivity contribution in [1.29, 1.82) is 5.41 Å². The molecule has 0 fully saturated rings. The van der Waals surface area contributed by atoms with Crippen molar-refractivity contribution in [3.63, 3.8) is 0 Å². The third-order valence-electron chi connectivity index (χ3n) is 5.55. The first-order valence-corrected chi connectivity index (χ1v) is 13.7. The fraction of sp³-hybridized carbons (Fsp3) is 0.250. The van der Waals surface area contributed by atoms with Crippen molar-refractivity contribution in [2.75, 3.05) is 18.5 Å². The van der Waals surface area contributed by atoms with Gasteiger partial charge in [0.15, 0.2) is 0 Å². The van der Waals surface area contributed by atoms with E-state index in [9.17, 15) is 18.0 Å². The number of primary sulfonamides is 1. The topological polar surface area (TPSA) is 143 Å². The summed E-state index contributed by atoms with van der Waals surface area (Å²) in [5.74, 6) is -1.57. The fourth-order valence-electron chi connectivity index (χ4n) is 3.94. The van der Waals surface area contributed by atoms with Crippen molar-refractivity contribution < 1.29 is 22.7 Å². The predicted octanol–water partition coefficient (Wildman–Crippen LogP) is 3.99. The number of nitrogens with two attached hydrogens (primary N) is 1. The Kier molecular flexibility index (Phi) is 9.38. The molecule has 0 saturated heterocycles. The van der Waals surface area contributed by atoms with Crippen LogP contribution in [0.4, 0.5) is 5.69 Å². The summed E-state index contributed by atoms with van der Waals surface area (Å²) in [6.45, 7) is 6.48. The molecule has 0 spiro atoms. The van der Waals surface area contributed by atoms with Crippen molar-refractivity contribution in [1.82, 2.24) is 4.90 Å². The summed E-state index contributed by atoms with van der Waals surface area (Å²) in [5, 5.41) is 16.0. The van der Waals surface area contributed by atoms with Gasteiger partial charge in [0.2, 0.25) is 15.9 Å². The Hall–Kier alpha value is -4.02. The molecule has 3 aromatic carbocycles. The van der Waals surface area contributed by atoms with Gasteiger partial charge in [-0.15, -0.1) is 0 Å². The molecular weight excluding hydrogens is 504 g/mol. The number of nitrogens with one attached hydrogen (secondary N) is 2. The number of nitrogens with zero attached hydrogens (tertiary/aromatic N) is 1. The van der Waals surface area contributed by atoms with E-state index in [1.807, 2.05) is 26.0 Å². The molecule has 0 saturated carbocycles. The first kappa shape index (κ1) is 28.5. The number of benzene rings is 3. The zero-order valence-corrected chi connectivity index (χ0v) is 22.4. The Morgan fingerprint density at radius 2 is 1.74 bits per heavy atom. The smallest absolute Gasteiger partial charge is 0.313 e. The molecule has 0 aliphatic rings. The number of carbonyl (C=O) groups excluding carboxylic acids is 2. The molecule has 0 unspecified atom stereocenters. The van der Waals surface area contributed by atoms with E-state index in [1.165, 1.54) is 17.0 Å². The monoisotopic (exact) mass is 536 g/mol. The van der Waals surface area contributed by atoms with E-state index in [4.69, 9.17) is 15.3 Å². The molecule has 3 aromatic rings. The van der Waals surface area contributed by atoms with Crippen LogP contribution in [0.1, 0.15) is 31.9 Å². The summed E-state index contributed by atoms with van der Waals surface area (Å²) in [6.07, 6.45) is 0. The molecule has 0 atom stereocenters. The van der Waals surface area contributed by atoms with Gasteiger partial charge in [-0.3, -0.25) is 15.0 Å². The first-order valence-electron chi connectivity index (χ1n) is 12.1. The summed E-state index contributed by atoms with van der Waals surface area (Å²) >= 11 is 0. The van der Waals surface area contributed by atoms with Gasteiger partial charge in [0.05, 0.1) is 11.5 Å². The molecule has 4 N–H and O–H groups in total. The molecule has 200 valence electrons. The lowest BCUT2D eigenvalue weighted by Crippen LogP contribution is -2.41. The number of amides is 2. The summed E-state index contributed by atoms with van der Waals surface area (Å²) in [5.41, 5.74) is 2.46. The van der Waals surface area contributed by atoms with Gasteiger partial charge in [-0.2, -0.15) is 0 Å². The minimum Gasteiger partial charge on any atom is -0.478 e. The zero-order chi connectivity index (χ0) is 27.9. The number of hydrogen-bond donors (Lipinski definition) is 3. The van der Waals surface area contributed by atoms with E-state index in [-0.39, 0.29) is 28.9 Å². The van der Waals surface area contributed by atoms with Crippen LogP contribution >= 0.6 is 0 Å². The number of carbonyl (C=O) groups is 2. The number of anilines is 1. The Morgan fingerprint density at radius 1 is 1.03 bits per heavy atom. The van der Waals surface area contributed by atoms with Crippen LogP contribution in [0.5, 0.6) is 0 Å². The van der Waals surface area contributed by atoms with Gasteiger partial charge in [0.25, 0.3) is 0 Å². The predicted molar refractivity (Wildman–Crippen MR) is 147 cm³/mol. The Balaban J connectivity index is 1.84. The molecule has 0 radical (unpaired) electrons. The van der Waals surface area contributed by atoms with Gasteiger partial charge in [-0.05, 0) is 48.2 Å². The fourth-order valence-corrected chi connectivity index (χ4v) is 4.72. The highest BCUT2D eigenvalue weighted by molar-refractivity contribution is 7.89. The minimum absolute atomic E-state index is 0.0263. The molecule has 0 aliphatic carbocycles. The zero-order valence-electron chi connectivity index (χ0n) is 21.6. The molecule has 0 aromatic heterocycles. The van der Waals surface area contributed by atoms with E-state index in [1.54, 1.807) is 55.5 Å². The van der Waals surface area contributed by atoms with Gasteiger partial charge in [-0.25, -0.2) is 13.6 Å². The molecule has 0 aliphatic heterocycles. The second kappa shape index (κ2) is 12.5. The maximum absolute atomic E-state index is 13.2. The van der Waals surface area contributed by atoms with Gasteiger partial charge in [-0.1, -0.05) is 62.4 Å². The lowest BCUT2D eigenvalue weighted by Gasteiger charge is -2.24. The first-order chi connectivity index (χ1) is 18.0. The second-order valence-electron chi connectivity index (χ2n) is 9.12. The van der Waals surface area contributed by atoms with E-state index in [0.717, 1.165) is 5.56 Å². The summed E-state index contributed by atoms with van der Waals surface area (Å²) in [6, 6.07) is 20.2. The second-order valence-corrected chi connectivity index (χ2v) is 10.6. The molecule has 9 nitrogen and oxygen atoms in total. The maximum Gasteiger partial charge on any atom is 0.313 e. The van der Waals surface area contributed by atoms with Crippen LogP contribution in [0.3, 0.4) is 0 Å². The van der Waals surface area contributed by atoms with Crippen molar-refractivity contribution in [3.05, 3.63) is 83.9 Å². The number of hydrogen-bond acceptors (Lipinski definition) is 6. The standard InChI is InChI=1S/C28H32N4O5S/c1-4-37-26(29)22-12-8-9-20(15-22)18-32(17-19(2)3)28(34)27(33)31-23-13-14-24(21-10-6-5-7-11-21)25(16-23)38(30,35)36/h5-16,19,29H,4,17-18H2,1-3H3,(H,31,33)(H2,30,35,36). The van der Waals surface area contributed by atoms with Crippen molar-refractivity contribution in [3.8, 4) is 11.1 Å². The molecule has 10 heteroatoms. The van der Waals surface area contributed by atoms with Gasteiger partial charge >= 0.3 is 11.8 Å². The minimum atomic E-state index is -4.12. The average molecular weight is 537 g/mol.